The SMILES string of the molecule is Cc1nnc(N2CCN3CCCC3C2)c(C(=N)N)c1C. The lowest BCUT2D eigenvalue weighted by atomic mass is 10.1. The van der Waals surface area contributed by atoms with Gasteiger partial charge in [-0.1, -0.05) is 0 Å². The highest BCUT2D eigenvalue weighted by molar-refractivity contribution is 6.01. The Hall–Kier alpha value is -1.69. The molecule has 1 aromatic heterocycles. The number of fused-ring (bicyclic) bond motifs is 1. The zero-order valence-corrected chi connectivity index (χ0v) is 12.2. The average molecular weight is 274 g/mol. The summed E-state index contributed by atoms with van der Waals surface area (Å²) in [6.07, 6.45) is 2.54. The predicted molar refractivity (Wildman–Crippen MR) is 79.3 cm³/mol. The normalized spacial score (nSPS) is 22.9. The summed E-state index contributed by atoms with van der Waals surface area (Å²) < 4.78 is 0. The van der Waals surface area contributed by atoms with Gasteiger partial charge < -0.3 is 10.6 Å². The fraction of sp³-hybridized carbons (Fsp3) is 0.643. The zero-order chi connectivity index (χ0) is 14.3. The van der Waals surface area contributed by atoms with E-state index in [0.717, 1.165) is 42.3 Å². The molecular weight excluding hydrogens is 252 g/mol. The number of piperazine rings is 1. The van der Waals surface area contributed by atoms with E-state index in [4.69, 9.17) is 11.1 Å². The van der Waals surface area contributed by atoms with Crippen LogP contribution in [0.3, 0.4) is 0 Å². The van der Waals surface area contributed by atoms with Gasteiger partial charge in [0.1, 0.15) is 5.84 Å². The molecule has 0 radical (unpaired) electrons. The van der Waals surface area contributed by atoms with Crippen molar-refractivity contribution in [2.75, 3.05) is 31.1 Å². The number of aryl methyl sites for hydroxylation is 1. The highest BCUT2D eigenvalue weighted by Crippen LogP contribution is 2.27. The van der Waals surface area contributed by atoms with Gasteiger partial charge in [0.05, 0.1) is 11.3 Å². The minimum atomic E-state index is 0.0874. The van der Waals surface area contributed by atoms with E-state index in [0.29, 0.717) is 6.04 Å². The van der Waals surface area contributed by atoms with E-state index in [-0.39, 0.29) is 5.84 Å². The number of nitrogens with one attached hydrogen (secondary N) is 1. The van der Waals surface area contributed by atoms with Crippen molar-refractivity contribution < 1.29 is 0 Å². The molecule has 2 fully saturated rings. The maximum absolute atomic E-state index is 7.85. The summed E-state index contributed by atoms with van der Waals surface area (Å²) in [5.41, 5.74) is 8.34. The van der Waals surface area contributed by atoms with Crippen LogP contribution in [0.5, 0.6) is 0 Å². The van der Waals surface area contributed by atoms with Gasteiger partial charge in [-0.2, -0.15) is 5.10 Å². The number of amidine groups is 1. The largest absolute Gasteiger partial charge is 0.384 e. The number of nitrogen functional groups attached to an aromatic ring is 1. The lowest BCUT2D eigenvalue weighted by molar-refractivity contribution is 0.230. The summed E-state index contributed by atoms with van der Waals surface area (Å²) in [6.45, 7) is 8.07. The van der Waals surface area contributed by atoms with Crippen LogP contribution in [0.1, 0.15) is 29.7 Å². The molecule has 2 aliphatic rings. The molecule has 3 heterocycles. The highest BCUT2D eigenvalue weighted by atomic mass is 15.3. The van der Waals surface area contributed by atoms with Crippen LogP contribution in [0.2, 0.25) is 0 Å². The maximum atomic E-state index is 7.85. The second kappa shape index (κ2) is 5.01. The molecule has 3 rings (SSSR count). The summed E-state index contributed by atoms with van der Waals surface area (Å²) >= 11 is 0. The van der Waals surface area contributed by atoms with Crippen LogP contribution in [0.15, 0.2) is 0 Å². The van der Waals surface area contributed by atoms with Crippen LogP contribution in [-0.4, -0.2) is 53.2 Å². The molecule has 2 saturated heterocycles. The van der Waals surface area contributed by atoms with Crippen molar-refractivity contribution in [3.63, 3.8) is 0 Å². The molecule has 1 aromatic rings. The van der Waals surface area contributed by atoms with E-state index in [9.17, 15) is 0 Å². The number of anilines is 1. The van der Waals surface area contributed by atoms with E-state index in [1.807, 2.05) is 13.8 Å². The van der Waals surface area contributed by atoms with E-state index in [2.05, 4.69) is 20.0 Å². The second-order valence-electron chi connectivity index (χ2n) is 5.80. The Morgan fingerprint density at radius 2 is 2.05 bits per heavy atom. The summed E-state index contributed by atoms with van der Waals surface area (Å²) in [5, 5.41) is 16.4. The Morgan fingerprint density at radius 1 is 1.25 bits per heavy atom. The van der Waals surface area contributed by atoms with Crippen LogP contribution in [-0.2, 0) is 0 Å². The standard InChI is InChI=1S/C14H22N6/c1-9-10(2)17-18-14(12(9)13(15)16)20-7-6-19-5-3-4-11(19)8-20/h11H,3-8H2,1-2H3,(H3,15,16). The Bertz CT molecular complexity index is 541. The number of rotatable bonds is 2. The molecule has 0 aliphatic carbocycles. The highest BCUT2D eigenvalue weighted by Gasteiger charge is 2.32. The van der Waals surface area contributed by atoms with E-state index in [1.54, 1.807) is 0 Å². The first-order valence-electron chi connectivity index (χ1n) is 7.25. The molecule has 0 aromatic carbocycles. The number of nitrogens with zero attached hydrogens (tertiary/aromatic N) is 4. The van der Waals surface area contributed by atoms with Crippen LogP contribution in [0, 0.1) is 19.3 Å². The first-order valence-corrected chi connectivity index (χ1v) is 7.25. The van der Waals surface area contributed by atoms with Gasteiger partial charge in [0, 0.05) is 25.7 Å². The maximum Gasteiger partial charge on any atom is 0.162 e. The number of nitrogens with two attached hydrogens (primary N) is 1. The van der Waals surface area contributed by atoms with E-state index < -0.39 is 0 Å². The number of aromatic nitrogens is 2. The number of hydrogen-bond donors (Lipinski definition) is 2. The van der Waals surface area contributed by atoms with Gasteiger partial charge in [-0.05, 0) is 38.8 Å². The van der Waals surface area contributed by atoms with Gasteiger partial charge in [0.2, 0.25) is 0 Å². The summed E-state index contributed by atoms with van der Waals surface area (Å²) in [4.78, 5) is 4.81. The molecule has 1 atom stereocenters. The van der Waals surface area contributed by atoms with Crippen molar-refractivity contribution in [3.8, 4) is 0 Å². The van der Waals surface area contributed by atoms with Crippen LogP contribution in [0.4, 0.5) is 5.82 Å². The third-order valence-corrected chi connectivity index (χ3v) is 4.59. The Balaban J connectivity index is 1.94. The minimum Gasteiger partial charge on any atom is -0.384 e. The summed E-state index contributed by atoms with van der Waals surface area (Å²) in [6, 6.07) is 0.618. The summed E-state index contributed by atoms with van der Waals surface area (Å²) in [5.74, 6) is 0.872. The van der Waals surface area contributed by atoms with Gasteiger partial charge in [-0.3, -0.25) is 10.3 Å². The fourth-order valence-electron chi connectivity index (χ4n) is 3.32. The van der Waals surface area contributed by atoms with Crippen molar-refractivity contribution in [2.45, 2.75) is 32.7 Å². The van der Waals surface area contributed by atoms with Crippen LogP contribution in [0.25, 0.3) is 0 Å². The van der Waals surface area contributed by atoms with Gasteiger partial charge >= 0.3 is 0 Å². The number of hydrogen-bond acceptors (Lipinski definition) is 5. The molecule has 2 aliphatic heterocycles. The molecule has 20 heavy (non-hydrogen) atoms. The molecule has 6 nitrogen and oxygen atoms in total. The smallest absolute Gasteiger partial charge is 0.162 e. The van der Waals surface area contributed by atoms with Gasteiger partial charge in [-0.25, -0.2) is 0 Å². The Labute approximate surface area is 119 Å². The van der Waals surface area contributed by atoms with E-state index in [1.165, 1.54) is 19.4 Å². The van der Waals surface area contributed by atoms with Crippen molar-refractivity contribution in [3.05, 3.63) is 16.8 Å². The molecule has 1 unspecified atom stereocenters. The second-order valence-corrected chi connectivity index (χ2v) is 5.80. The van der Waals surface area contributed by atoms with Crippen LogP contribution < -0.4 is 10.6 Å². The minimum absolute atomic E-state index is 0.0874. The lowest BCUT2D eigenvalue weighted by Gasteiger charge is -2.38. The fourth-order valence-corrected chi connectivity index (χ4v) is 3.32. The molecule has 0 spiro atoms. The van der Waals surface area contributed by atoms with Crippen LogP contribution >= 0.6 is 0 Å². The zero-order valence-electron chi connectivity index (χ0n) is 12.2. The van der Waals surface area contributed by atoms with Crippen molar-refractivity contribution in [1.82, 2.24) is 15.1 Å². The quantitative estimate of drug-likeness (QED) is 0.611. The third kappa shape index (κ3) is 2.14. The monoisotopic (exact) mass is 274 g/mol. The molecular formula is C14H22N6. The first-order chi connectivity index (χ1) is 9.58. The Morgan fingerprint density at radius 3 is 2.80 bits per heavy atom. The third-order valence-electron chi connectivity index (χ3n) is 4.59. The first kappa shape index (κ1) is 13.3. The van der Waals surface area contributed by atoms with E-state index >= 15 is 0 Å². The van der Waals surface area contributed by atoms with Crippen molar-refractivity contribution in [1.29, 1.82) is 5.41 Å². The van der Waals surface area contributed by atoms with Crippen molar-refractivity contribution in [2.24, 2.45) is 5.73 Å². The molecule has 6 heteroatoms. The van der Waals surface area contributed by atoms with Gasteiger partial charge in [0.15, 0.2) is 5.82 Å². The average Bonchev–Trinajstić information content (AvgIpc) is 2.88. The topological polar surface area (TPSA) is 82.1 Å². The molecule has 108 valence electrons. The molecule has 0 bridgehead atoms. The molecule has 0 amide bonds. The summed E-state index contributed by atoms with van der Waals surface area (Å²) in [7, 11) is 0. The molecule has 3 N–H and O–H groups in total. The van der Waals surface area contributed by atoms with Gasteiger partial charge in [0.25, 0.3) is 0 Å². The Kier molecular flexibility index (Phi) is 3.33. The molecule has 0 saturated carbocycles. The van der Waals surface area contributed by atoms with Crippen molar-refractivity contribution >= 4 is 11.7 Å². The lowest BCUT2D eigenvalue weighted by Crippen LogP contribution is -2.51. The predicted octanol–water partition coefficient (Wildman–Crippen LogP) is 0.662. The van der Waals surface area contributed by atoms with Gasteiger partial charge in [-0.15, -0.1) is 5.10 Å².